The third-order valence-corrected chi connectivity index (χ3v) is 4.11. The van der Waals surface area contributed by atoms with Crippen LogP contribution in [-0.2, 0) is 19.3 Å². The first-order valence-corrected chi connectivity index (χ1v) is 7.95. The average Bonchev–Trinajstić information content (AvgIpc) is 3.13. The van der Waals surface area contributed by atoms with Crippen molar-refractivity contribution in [2.75, 3.05) is 7.11 Å². The molecule has 0 saturated carbocycles. The summed E-state index contributed by atoms with van der Waals surface area (Å²) in [6.45, 7) is 3.93. The summed E-state index contributed by atoms with van der Waals surface area (Å²) < 4.78 is 5.31. The maximum Gasteiger partial charge on any atom is 0.256 e. The molecule has 6 nitrogen and oxygen atoms in total. The second-order valence-electron chi connectivity index (χ2n) is 6.13. The van der Waals surface area contributed by atoms with Crippen LogP contribution in [-0.4, -0.2) is 34.2 Å². The Morgan fingerprint density at radius 3 is 2.96 bits per heavy atom. The second kappa shape index (κ2) is 6.40. The number of aromatic amines is 1. The number of fused-ring (bicyclic) bond motifs is 1. The number of aryl methyl sites for hydroxylation is 3. The van der Waals surface area contributed by atoms with Crippen LogP contribution in [0.15, 0.2) is 12.1 Å². The van der Waals surface area contributed by atoms with Crippen molar-refractivity contribution >= 4 is 5.91 Å². The number of H-pyrrole nitrogens is 1. The van der Waals surface area contributed by atoms with Gasteiger partial charge in [-0.05, 0) is 50.8 Å². The molecule has 1 aliphatic rings. The highest BCUT2D eigenvalue weighted by molar-refractivity contribution is 5.96. The van der Waals surface area contributed by atoms with Gasteiger partial charge in [0.25, 0.3) is 5.91 Å². The van der Waals surface area contributed by atoms with Gasteiger partial charge in [0, 0.05) is 23.9 Å². The molecule has 2 heterocycles. The van der Waals surface area contributed by atoms with Crippen LogP contribution >= 0.6 is 0 Å². The average molecular weight is 314 g/mol. The first kappa shape index (κ1) is 15.5. The monoisotopic (exact) mass is 314 g/mol. The number of pyridine rings is 1. The van der Waals surface area contributed by atoms with Crippen molar-refractivity contribution in [3.05, 3.63) is 40.3 Å². The fraction of sp³-hybridized carbons (Fsp3) is 0.471. The Bertz CT molecular complexity index is 723. The molecule has 0 bridgehead atoms. The van der Waals surface area contributed by atoms with Crippen molar-refractivity contribution < 1.29 is 9.53 Å². The lowest BCUT2D eigenvalue weighted by atomic mass is 10.1. The quantitative estimate of drug-likeness (QED) is 0.884. The van der Waals surface area contributed by atoms with Gasteiger partial charge in [0.05, 0.1) is 12.8 Å². The zero-order valence-electron chi connectivity index (χ0n) is 13.8. The van der Waals surface area contributed by atoms with Crippen LogP contribution in [0.25, 0.3) is 0 Å². The van der Waals surface area contributed by atoms with E-state index in [-0.39, 0.29) is 11.9 Å². The highest BCUT2D eigenvalue weighted by Gasteiger charge is 2.22. The van der Waals surface area contributed by atoms with Gasteiger partial charge < -0.3 is 10.1 Å². The normalized spacial score (nSPS) is 14.4. The molecular weight excluding hydrogens is 292 g/mol. The number of rotatable bonds is 5. The Labute approximate surface area is 135 Å². The molecule has 3 rings (SSSR count). The second-order valence-corrected chi connectivity index (χ2v) is 6.13. The van der Waals surface area contributed by atoms with Crippen LogP contribution in [0.2, 0.25) is 0 Å². The molecular formula is C17H22N4O2. The first-order valence-electron chi connectivity index (χ1n) is 7.95. The van der Waals surface area contributed by atoms with Gasteiger partial charge in [-0.2, -0.15) is 5.10 Å². The van der Waals surface area contributed by atoms with E-state index in [1.54, 1.807) is 7.11 Å². The Kier molecular flexibility index (Phi) is 4.32. The van der Waals surface area contributed by atoms with E-state index in [1.807, 2.05) is 26.0 Å². The van der Waals surface area contributed by atoms with E-state index >= 15 is 0 Å². The molecule has 0 aliphatic heterocycles. The molecule has 1 atom stereocenters. The van der Waals surface area contributed by atoms with Crippen molar-refractivity contribution in [1.82, 2.24) is 20.5 Å². The van der Waals surface area contributed by atoms with Crippen LogP contribution in [0, 0.1) is 6.92 Å². The number of hydrogen-bond acceptors (Lipinski definition) is 4. The van der Waals surface area contributed by atoms with Crippen molar-refractivity contribution in [3.63, 3.8) is 0 Å². The van der Waals surface area contributed by atoms with Gasteiger partial charge in [-0.25, -0.2) is 4.98 Å². The Morgan fingerprint density at radius 1 is 1.43 bits per heavy atom. The molecule has 2 N–H and O–H groups in total. The summed E-state index contributed by atoms with van der Waals surface area (Å²) in [7, 11) is 1.55. The third-order valence-electron chi connectivity index (χ3n) is 4.11. The summed E-state index contributed by atoms with van der Waals surface area (Å²) in [5.41, 5.74) is 4.68. The minimum absolute atomic E-state index is 0.0249. The molecule has 2 aromatic rings. The number of amides is 1. The molecule has 0 saturated heterocycles. The Morgan fingerprint density at radius 2 is 2.26 bits per heavy atom. The summed E-state index contributed by atoms with van der Waals surface area (Å²) in [6, 6.07) is 3.89. The molecule has 2 aromatic heterocycles. The van der Waals surface area contributed by atoms with Gasteiger partial charge in [-0.3, -0.25) is 9.89 Å². The summed E-state index contributed by atoms with van der Waals surface area (Å²) in [4.78, 5) is 17.1. The minimum atomic E-state index is -0.149. The SMILES string of the molecule is COc1nc2c(cc1C(=O)N[C@H](C)Cc1cc(C)[nH]n1)CCC2. The predicted molar refractivity (Wildman–Crippen MR) is 86.8 cm³/mol. The number of hydrogen-bond donors (Lipinski definition) is 2. The highest BCUT2D eigenvalue weighted by Crippen LogP contribution is 2.26. The van der Waals surface area contributed by atoms with Crippen molar-refractivity contribution in [3.8, 4) is 5.88 Å². The lowest BCUT2D eigenvalue weighted by Gasteiger charge is -2.15. The first-order chi connectivity index (χ1) is 11.1. The fourth-order valence-corrected chi connectivity index (χ4v) is 3.02. The summed E-state index contributed by atoms with van der Waals surface area (Å²) in [5.74, 6) is 0.259. The Hall–Kier alpha value is -2.37. The zero-order chi connectivity index (χ0) is 16.4. The number of nitrogens with one attached hydrogen (secondary N) is 2. The van der Waals surface area contributed by atoms with Crippen molar-refractivity contribution in [1.29, 1.82) is 0 Å². The summed E-state index contributed by atoms with van der Waals surface area (Å²) in [6.07, 6.45) is 3.71. The topological polar surface area (TPSA) is 79.9 Å². The van der Waals surface area contributed by atoms with Crippen molar-refractivity contribution in [2.45, 2.75) is 45.6 Å². The number of aromatic nitrogens is 3. The molecule has 23 heavy (non-hydrogen) atoms. The van der Waals surface area contributed by atoms with E-state index in [4.69, 9.17) is 4.74 Å². The number of carbonyl (C=O) groups is 1. The van der Waals surface area contributed by atoms with Gasteiger partial charge >= 0.3 is 0 Å². The smallest absolute Gasteiger partial charge is 0.256 e. The number of nitrogens with zero attached hydrogens (tertiary/aromatic N) is 2. The molecule has 1 aliphatic carbocycles. The van der Waals surface area contributed by atoms with Crippen LogP contribution in [0.3, 0.4) is 0 Å². The van der Waals surface area contributed by atoms with Crippen LogP contribution < -0.4 is 10.1 Å². The van der Waals surface area contributed by atoms with Gasteiger partial charge in [-0.1, -0.05) is 0 Å². The van der Waals surface area contributed by atoms with Crippen LogP contribution in [0.4, 0.5) is 0 Å². The summed E-state index contributed by atoms with van der Waals surface area (Å²) in [5, 5.41) is 10.1. The van der Waals surface area contributed by atoms with Crippen LogP contribution in [0.5, 0.6) is 5.88 Å². The molecule has 122 valence electrons. The Balaban J connectivity index is 1.72. The lowest BCUT2D eigenvalue weighted by Crippen LogP contribution is -2.34. The van der Waals surface area contributed by atoms with E-state index in [9.17, 15) is 4.79 Å². The van der Waals surface area contributed by atoms with E-state index in [2.05, 4.69) is 20.5 Å². The van der Waals surface area contributed by atoms with E-state index in [1.165, 1.54) is 0 Å². The molecule has 0 aromatic carbocycles. The van der Waals surface area contributed by atoms with Gasteiger partial charge in [0.1, 0.15) is 5.56 Å². The van der Waals surface area contributed by atoms with Gasteiger partial charge in [-0.15, -0.1) is 0 Å². The molecule has 0 fully saturated rings. The van der Waals surface area contributed by atoms with Crippen LogP contribution in [0.1, 0.15) is 46.3 Å². The predicted octanol–water partition coefficient (Wildman–Crippen LogP) is 1.97. The molecule has 1 amide bonds. The van der Waals surface area contributed by atoms with Crippen molar-refractivity contribution in [2.24, 2.45) is 0 Å². The molecule has 0 spiro atoms. The number of carbonyl (C=O) groups excluding carboxylic acids is 1. The minimum Gasteiger partial charge on any atom is -0.480 e. The number of ether oxygens (including phenoxy) is 1. The lowest BCUT2D eigenvalue weighted by molar-refractivity contribution is 0.0936. The highest BCUT2D eigenvalue weighted by atomic mass is 16.5. The summed E-state index contributed by atoms with van der Waals surface area (Å²) >= 11 is 0. The molecule has 0 radical (unpaired) electrons. The standard InChI is InChI=1S/C17H22N4O2/c1-10(7-13-8-11(2)20-21-13)18-16(22)14-9-12-5-4-6-15(12)19-17(14)23-3/h8-10H,4-7H2,1-3H3,(H,18,22)(H,20,21)/t10-/m1/s1. The van der Waals surface area contributed by atoms with E-state index in [0.717, 1.165) is 41.9 Å². The zero-order valence-corrected chi connectivity index (χ0v) is 13.8. The maximum absolute atomic E-state index is 12.6. The van der Waals surface area contributed by atoms with Gasteiger partial charge in [0.2, 0.25) is 5.88 Å². The largest absolute Gasteiger partial charge is 0.480 e. The number of methoxy groups -OCH3 is 1. The van der Waals surface area contributed by atoms with E-state index in [0.29, 0.717) is 17.9 Å². The van der Waals surface area contributed by atoms with Gasteiger partial charge in [0.15, 0.2) is 0 Å². The molecule has 0 unspecified atom stereocenters. The molecule has 6 heteroatoms. The van der Waals surface area contributed by atoms with E-state index < -0.39 is 0 Å². The third kappa shape index (κ3) is 3.36. The fourth-order valence-electron chi connectivity index (χ4n) is 3.02. The maximum atomic E-state index is 12.6.